The fourth-order valence-electron chi connectivity index (χ4n) is 6.44. The first-order valence-corrected chi connectivity index (χ1v) is 21.7. The Balaban J connectivity index is 3.93. The summed E-state index contributed by atoms with van der Waals surface area (Å²) < 4.78 is 17.1. The van der Waals surface area contributed by atoms with E-state index in [4.69, 9.17) is 14.2 Å². The number of hydrogen-bond donors (Lipinski definition) is 1. The van der Waals surface area contributed by atoms with Crippen molar-refractivity contribution in [3.8, 4) is 0 Å². The zero-order chi connectivity index (χ0) is 36.8. The van der Waals surface area contributed by atoms with Crippen LogP contribution in [0.25, 0.3) is 0 Å². The van der Waals surface area contributed by atoms with Gasteiger partial charge in [0.15, 0.2) is 0 Å². The van der Waals surface area contributed by atoms with Crippen LogP contribution < -0.4 is 0 Å². The van der Waals surface area contributed by atoms with Gasteiger partial charge in [0.2, 0.25) is 0 Å². The largest absolute Gasteiger partial charge is 0.465 e. The third kappa shape index (κ3) is 33.9. The van der Waals surface area contributed by atoms with Gasteiger partial charge in [-0.05, 0) is 71.1 Å². The normalized spacial score (nSPS) is 12.2. The molecule has 7 heteroatoms. The van der Waals surface area contributed by atoms with Gasteiger partial charge in [-0.25, -0.2) is 0 Å². The van der Waals surface area contributed by atoms with Crippen LogP contribution in [0, 0.1) is 5.92 Å². The fraction of sp³-hybridized carbons (Fsp3) is 0.953. The van der Waals surface area contributed by atoms with Crippen molar-refractivity contribution in [3.63, 3.8) is 0 Å². The zero-order valence-electron chi connectivity index (χ0n) is 33.8. The monoisotopic (exact) mass is 712 g/mol. The van der Waals surface area contributed by atoms with Crippen molar-refractivity contribution in [2.45, 2.75) is 220 Å². The molecule has 0 aliphatic rings. The lowest BCUT2D eigenvalue weighted by atomic mass is 10.0. The van der Waals surface area contributed by atoms with Crippen LogP contribution in [0.1, 0.15) is 214 Å². The highest BCUT2D eigenvalue weighted by molar-refractivity contribution is 5.72. The minimum absolute atomic E-state index is 0.00415. The summed E-state index contributed by atoms with van der Waals surface area (Å²) in [5, 5.41) is 9.79. The van der Waals surface area contributed by atoms with Gasteiger partial charge in [0.05, 0.1) is 25.9 Å². The van der Waals surface area contributed by atoms with E-state index >= 15 is 0 Å². The van der Waals surface area contributed by atoms with E-state index in [0.29, 0.717) is 19.6 Å². The zero-order valence-corrected chi connectivity index (χ0v) is 33.8. The molecule has 0 bridgehead atoms. The van der Waals surface area contributed by atoms with Crippen LogP contribution in [-0.2, 0) is 23.8 Å². The van der Waals surface area contributed by atoms with Gasteiger partial charge in [-0.1, -0.05) is 136 Å². The number of nitrogens with zero attached hydrogens (tertiary/aromatic N) is 1. The van der Waals surface area contributed by atoms with E-state index in [0.717, 1.165) is 90.3 Å². The van der Waals surface area contributed by atoms with Crippen LogP contribution in [-0.4, -0.2) is 67.7 Å². The Labute approximate surface area is 310 Å². The number of aliphatic hydroxyl groups is 1. The predicted molar refractivity (Wildman–Crippen MR) is 210 cm³/mol. The molecule has 0 saturated carbocycles. The van der Waals surface area contributed by atoms with Crippen molar-refractivity contribution < 1.29 is 28.9 Å². The molecule has 0 aromatic rings. The lowest BCUT2D eigenvalue weighted by molar-refractivity contribution is -0.151. The maximum absolute atomic E-state index is 12.7. The summed E-state index contributed by atoms with van der Waals surface area (Å²) in [6.45, 7) is 12.1. The van der Waals surface area contributed by atoms with Gasteiger partial charge in [-0.15, -0.1) is 0 Å². The molecule has 0 aliphatic heterocycles. The highest BCUT2D eigenvalue weighted by Gasteiger charge is 2.15. The van der Waals surface area contributed by atoms with Crippen LogP contribution in [0.15, 0.2) is 0 Å². The first-order chi connectivity index (χ1) is 24.5. The van der Waals surface area contributed by atoms with Crippen molar-refractivity contribution in [3.05, 3.63) is 0 Å². The minimum atomic E-state index is -0.222. The van der Waals surface area contributed by atoms with E-state index in [1.54, 1.807) is 0 Å². The Morgan fingerprint density at radius 2 is 1.00 bits per heavy atom. The maximum atomic E-state index is 12.7. The Morgan fingerprint density at radius 1 is 0.560 bits per heavy atom. The van der Waals surface area contributed by atoms with Crippen LogP contribution in [0.3, 0.4) is 0 Å². The highest BCUT2D eigenvalue weighted by Crippen LogP contribution is 2.18. The molecule has 298 valence electrons. The lowest BCUT2D eigenvalue weighted by Gasteiger charge is -2.19. The van der Waals surface area contributed by atoms with E-state index in [2.05, 4.69) is 25.7 Å². The molecule has 0 amide bonds. The van der Waals surface area contributed by atoms with Crippen LogP contribution in [0.2, 0.25) is 0 Å². The molecular weight excluding hydrogens is 626 g/mol. The summed E-state index contributed by atoms with van der Waals surface area (Å²) in [4.78, 5) is 27.0. The Kier molecular flexibility index (Phi) is 38.1. The lowest BCUT2D eigenvalue weighted by Crippen LogP contribution is -2.27. The average molecular weight is 712 g/mol. The molecule has 0 aliphatic carbocycles. The number of esters is 2. The molecule has 50 heavy (non-hydrogen) atoms. The SMILES string of the molecule is CCCCCCCCOCC(C)C(=O)OCCCCCN(CO)CCCCCCCC(=O)OC(CCCCCCCC)CCCCCCCC. The molecule has 7 nitrogen and oxygen atoms in total. The second-order valence-electron chi connectivity index (χ2n) is 15.0. The maximum Gasteiger partial charge on any atom is 0.310 e. The van der Waals surface area contributed by atoms with Gasteiger partial charge in [0, 0.05) is 26.1 Å². The van der Waals surface area contributed by atoms with Crippen molar-refractivity contribution >= 4 is 11.9 Å². The molecule has 0 radical (unpaired) electrons. The predicted octanol–water partition coefficient (Wildman–Crippen LogP) is 11.7. The third-order valence-electron chi connectivity index (χ3n) is 9.89. The second kappa shape index (κ2) is 39.0. The third-order valence-corrected chi connectivity index (χ3v) is 9.89. The number of unbranched alkanes of at least 4 members (excludes halogenated alkanes) is 21. The van der Waals surface area contributed by atoms with Crippen molar-refractivity contribution in [2.75, 3.05) is 39.6 Å². The molecule has 1 N–H and O–H groups in total. The molecule has 0 aromatic heterocycles. The summed E-state index contributed by atoms with van der Waals surface area (Å²) in [5.41, 5.74) is 0. The number of hydrogen-bond acceptors (Lipinski definition) is 7. The van der Waals surface area contributed by atoms with Gasteiger partial charge >= 0.3 is 11.9 Å². The smallest absolute Gasteiger partial charge is 0.310 e. The highest BCUT2D eigenvalue weighted by atomic mass is 16.5. The van der Waals surface area contributed by atoms with E-state index in [-0.39, 0.29) is 30.7 Å². The molecule has 1 unspecified atom stereocenters. The van der Waals surface area contributed by atoms with Crippen LogP contribution in [0.5, 0.6) is 0 Å². The number of ether oxygens (including phenoxy) is 3. The first kappa shape index (κ1) is 48.8. The van der Waals surface area contributed by atoms with E-state index in [1.807, 2.05) is 6.92 Å². The van der Waals surface area contributed by atoms with Crippen molar-refractivity contribution in [1.29, 1.82) is 0 Å². The number of carbonyl (C=O) groups is 2. The molecule has 1 atom stereocenters. The summed E-state index contributed by atoms with van der Waals surface area (Å²) in [7, 11) is 0. The molecule has 0 fully saturated rings. The van der Waals surface area contributed by atoms with Crippen LogP contribution >= 0.6 is 0 Å². The molecule has 0 heterocycles. The molecule has 0 spiro atoms. The van der Waals surface area contributed by atoms with Crippen LogP contribution in [0.4, 0.5) is 0 Å². The molecule has 0 rings (SSSR count). The minimum Gasteiger partial charge on any atom is -0.465 e. The average Bonchev–Trinajstić information content (AvgIpc) is 3.11. The molecule has 0 aromatic carbocycles. The summed E-state index contributed by atoms with van der Waals surface area (Å²) in [6, 6.07) is 0. The van der Waals surface area contributed by atoms with Gasteiger partial charge in [0.25, 0.3) is 0 Å². The number of rotatable bonds is 40. The topological polar surface area (TPSA) is 85.3 Å². The van der Waals surface area contributed by atoms with Gasteiger partial charge in [-0.3, -0.25) is 14.5 Å². The Bertz CT molecular complexity index is 704. The molecular formula is C43H85NO6. The molecule has 0 saturated heterocycles. The summed E-state index contributed by atoms with van der Waals surface area (Å²) in [6.07, 6.45) is 33.4. The van der Waals surface area contributed by atoms with E-state index in [1.165, 1.54) is 109 Å². The van der Waals surface area contributed by atoms with Gasteiger partial charge in [-0.2, -0.15) is 0 Å². The van der Waals surface area contributed by atoms with Gasteiger partial charge < -0.3 is 19.3 Å². The van der Waals surface area contributed by atoms with Gasteiger partial charge in [0.1, 0.15) is 6.10 Å². The van der Waals surface area contributed by atoms with Crippen molar-refractivity contribution in [1.82, 2.24) is 4.90 Å². The van der Waals surface area contributed by atoms with E-state index < -0.39 is 0 Å². The van der Waals surface area contributed by atoms with Crippen molar-refractivity contribution in [2.24, 2.45) is 5.92 Å². The summed E-state index contributed by atoms with van der Waals surface area (Å²) >= 11 is 0. The van der Waals surface area contributed by atoms with E-state index in [9.17, 15) is 14.7 Å². The second-order valence-corrected chi connectivity index (χ2v) is 15.0. The number of aliphatic hydroxyl groups excluding tert-OH is 1. The summed E-state index contributed by atoms with van der Waals surface area (Å²) in [5.74, 6) is -0.394. The Morgan fingerprint density at radius 3 is 1.54 bits per heavy atom. The quantitative estimate of drug-likeness (QED) is 0.0385. The first-order valence-electron chi connectivity index (χ1n) is 21.7. The Hall–Kier alpha value is -1.18. The fourth-order valence-corrected chi connectivity index (χ4v) is 6.44. The number of carbonyl (C=O) groups excluding carboxylic acids is 2. The standard InChI is InChI=1S/C43H85NO6/c1-5-8-11-14-18-24-31-41(32-25-19-15-12-9-6-2)50-42(46)33-26-20-17-21-27-34-44(39-45)35-28-23-30-37-49-43(47)40(4)38-48-36-29-22-16-13-10-7-3/h40-41,45H,5-39H2,1-4H3.